The third kappa shape index (κ3) is 4.46. The Bertz CT molecular complexity index is 850. The van der Waals surface area contributed by atoms with E-state index in [0.29, 0.717) is 31.6 Å². The van der Waals surface area contributed by atoms with E-state index in [1.54, 1.807) is 11.0 Å². The van der Waals surface area contributed by atoms with Gasteiger partial charge in [-0.25, -0.2) is 13.1 Å². The molecule has 1 aliphatic rings. The fourth-order valence-electron chi connectivity index (χ4n) is 2.98. The van der Waals surface area contributed by atoms with Crippen molar-refractivity contribution in [2.24, 2.45) is 0 Å². The molecule has 7 nitrogen and oxygen atoms in total. The second kappa shape index (κ2) is 6.97. The van der Waals surface area contributed by atoms with Crippen LogP contribution in [0.1, 0.15) is 28.9 Å². The summed E-state index contributed by atoms with van der Waals surface area (Å²) < 4.78 is 25.2. The van der Waals surface area contributed by atoms with Crippen LogP contribution in [0.5, 0.6) is 0 Å². The van der Waals surface area contributed by atoms with Crippen molar-refractivity contribution in [1.82, 2.24) is 19.8 Å². The minimum Gasteiger partial charge on any atom is -0.337 e. The zero-order valence-corrected chi connectivity index (χ0v) is 15.1. The van der Waals surface area contributed by atoms with Gasteiger partial charge in [0.1, 0.15) is 5.69 Å². The maximum Gasteiger partial charge on any atom is 0.271 e. The van der Waals surface area contributed by atoms with Gasteiger partial charge in [0.15, 0.2) is 0 Å². The van der Waals surface area contributed by atoms with E-state index in [0.717, 1.165) is 17.5 Å². The minimum absolute atomic E-state index is 0.107. The van der Waals surface area contributed by atoms with Gasteiger partial charge in [-0.3, -0.25) is 9.89 Å². The Morgan fingerprint density at radius 1 is 1.24 bits per heavy atom. The highest BCUT2D eigenvalue weighted by molar-refractivity contribution is 7.88. The first-order valence-corrected chi connectivity index (χ1v) is 10.1. The number of nitrogens with one attached hydrogen (secondary N) is 2. The Kier molecular flexibility index (Phi) is 4.91. The van der Waals surface area contributed by atoms with Gasteiger partial charge < -0.3 is 4.90 Å². The summed E-state index contributed by atoms with van der Waals surface area (Å²) in [5.74, 6) is -0.108. The Hall–Kier alpha value is -2.19. The molecule has 1 aromatic carbocycles. The van der Waals surface area contributed by atoms with Crippen molar-refractivity contribution in [2.45, 2.75) is 25.8 Å². The molecule has 1 fully saturated rings. The number of hydrogen-bond donors (Lipinski definition) is 2. The Labute approximate surface area is 147 Å². The standard InChI is InChI=1S/C17H22N4O3S/c1-12-3-5-13(6-4-12)15-11-16(19-18-15)17(22)21-9-7-14(8-10-21)20-25(2,23)24/h3-6,11,14,20H,7-10H2,1-2H3,(H,18,19). The monoisotopic (exact) mass is 362 g/mol. The van der Waals surface area contributed by atoms with Gasteiger partial charge in [0.05, 0.1) is 11.9 Å². The summed E-state index contributed by atoms with van der Waals surface area (Å²) in [4.78, 5) is 14.3. The lowest BCUT2D eigenvalue weighted by Gasteiger charge is -2.31. The first kappa shape index (κ1) is 17.6. The molecule has 8 heteroatoms. The topological polar surface area (TPSA) is 95.2 Å². The molecule has 1 aromatic heterocycles. The lowest BCUT2D eigenvalue weighted by Crippen LogP contribution is -2.46. The second-order valence-electron chi connectivity index (χ2n) is 6.49. The summed E-state index contributed by atoms with van der Waals surface area (Å²) in [5, 5.41) is 7.04. The lowest BCUT2D eigenvalue weighted by molar-refractivity contribution is 0.0705. The average Bonchev–Trinajstić information content (AvgIpc) is 3.04. The van der Waals surface area contributed by atoms with Gasteiger partial charge in [0, 0.05) is 24.7 Å². The van der Waals surface area contributed by atoms with E-state index < -0.39 is 10.0 Å². The molecule has 0 unspecified atom stereocenters. The molecule has 1 saturated heterocycles. The molecule has 0 radical (unpaired) electrons. The van der Waals surface area contributed by atoms with Crippen LogP contribution in [0.2, 0.25) is 0 Å². The van der Waals surface area contributed by atoms with Crippen LogP contribution < -0.4 is 4.72 Å². The van der Waals surface area contributed by atoms with Crippen LogP contribution in [0, 0.1) is 6.92 Å². The number of likely N-dealkylation sites (tertiary alicyclic amines) is 1. The number of nitrogens with zero attached hydrogens (tertiary/aromatic N) is 2. The van der Waals surface area contributed by atoms with Crippen LogP contribution in [0.25, 0.3) is 11.3 Å². The molecule has 0 bridgehead atoms. The summed E-state index contributed by atoms with van der Waals surface area (Å²) in [5.41, 5.74) is 3.31. The lowest BCUT2D eigenvalue weighted by atomic mass is 10.1. The molecular formula is C17H22N4O3S. The number of aryl methyl sites for hydroxylation is 1. The molecule has 3 rings (SSSR count). The van der Waals surface area contributed by atoms with E-state index in [2.05, 4.69) is 14.9 Å². The SMILES string of the molecule is Cc1ccc(-c2cc(C(=O)N3CCC(NS(C)(=O)=O)CC3)[nH]n2)cc1. The van der Waals surface area contributed by atoms with E-state index >= 15 is 0 Å². The summed E-state index contributed by atoms with van der Waals surface area (Å²) in [6, 6.07) is 9.61. The van der Waals surface area contributed by atoms with Crippen molar-refractivity contribution >= 4 is 15.9 Å². The van der Waals surface area contributed by atoms with Crippen molar-refractivity contribution in [3.8, 4) is 11.3 Å². The number of H-pyrrole nitrogens is 1. The highest BCUT2D eigenvalue weighted by atomic mass is 32.2. The highest BCUT2D eigenvalue weighted by Crippen LogP contribution is 2.20. The van der Waals surface area contributed by atoms with Gasteiger partial charge in [-0.05, 0) is 25.8 Å². The zero-order valence-electron chi connectivity index (χ0n) is 14.3. The molecule has 25 heavy (non-hydrogen) atoms. The van der Waals surface area contributed by atoms with Crippen molar-refractivity contribution in [3.63, 3.8) is 0 Å². The molecule has 0 saturated carbocycles. The third-order valence-corrected chi connectivity index (χ3v) is 5.08. The molecule has 0 aliphatic carbocycles. The van der Waals surface area contributed by atoms with Gasteiger partial charge in [0.25, 0.3) is 5.91 Å². The van der Waals surface area contributed by atoms with Crippen molar-refractivity contribution in [1.29, 1.82) is 0 Å². The maximum atomic E-state index is 12.6. The highest BCUT2D eigenvalue weighted by Gasteiger charge is 2.26. The fraction of sp³-hybridized carbons (Fsp3) is 0.412. The number of amides is 1. The summed E-state index contributed by atoms with van der Waals surface area (Å²) >= 11 is 0. The predicted molar refractivity (Wildman–Crippen MR) is 95.7 cm³/mol. The average molecular weight is 362 g/mol. The van der Waals surface area contributed by atoms with E-state index in [1.165, 1.54) is 5.56 Å². The van der Waals surface area contributed by atoms with Crippen LogP contribution in [-0.2, 0) is 10.0 Å². The van der Waals surface area contributed by atoms with Crippen LogP contribution in [-0.4, -0.2) is 54.8 Å². The number of benzene rings is 1. The molecular weight excluding hydrogens is 340 g/mol. The second-order valence-corrected chi connectivity index (χ2v) is 8.27. The zero-order chi connectivity index (χ0) is 18.0. The van der Waals surface area contributed by atoms with E-state index in [1.807, 2.05) is 31.2 Å². The van der Waals surface area contributed by atoms with Crippen molar-refractivity contribution in [2.75, 3.05) is 19.3 Å². The van der Waals surface area contributed by atoms with Crippen LogP contribution in [0.4, 0.5) is 0 Å². The number of sulfonamides is 1. The summed E-state index contributed by atoms with van der Waals surface area (Å²) in [6.45, 7) is 3.06. The van der Waals surface area contributed by atoms with Gasteiger partial charge >= 0.3 is 0 Å². The first-order chi connectivity index (χ1) is 11.8. The molecule has 134 valence electrons. The number of aromatic amines is 1. The van der Waals surface area contributed by atoms with E-state index in [4.69, 9.17) is 0 Å². The number of carbonyl (C=O) groups is 1. The molecule has 2 heterocycles. The molecule has 0 atom stereocenters. The van der Waals surface area contributed by atoms with E-state index in [-0.39, 0.29) is 11.9 Å². The van der Waals surface area contributed by atoms with Crippen molar-refractivity contribution < 1.29 is 13.2 Å². The van der Waals surface area contributed by atoms with Gasteiger partial charge in [0.2, 0.25) is 10.0 Å². The van der Waals surface area contributed by atoms with Crippen LogP contribution in [0.3, 0.4) is 0 Å². The maximum absolute atomic E-state index is 12.6. The smallest absolute Gasteiger partial charge is 0.271 e. The summed E-state index contributed by atoms with van der Waals surface area (Å²) in [6.07, 6.45) is 2.37. The molecule has 1 amide bonds. The predicted octanol–water partition coefficient (Wildman–Crippen LogP) is 1.54. The third-order valence-electron chi connectivity index (χ3n) is 4.32. The van der Waals surface area contributed by atoms with Crippen molar-refractivity contribution in [3.05, 3.63) is 41.6 Å². The van der Waals surface area contributed by atoms with Crippen LogP contribution >= 0.6 is 0 Å². The van der Waals surface area contributed by atoms with Gasteiger partial charge in [-0.1, -0.05) is 29.8 Å². The molecule has 2 aromatic rings. The molecule has 1 aliphatic heterocycles. The first-order valence-electron chi connectivity index (χ1n) is 8.21. The molecule has 2 N–H and O–H groups in total. The Morgan fingerprint density at radius 2 is 1.88 bits per heavy atom. The minimum atomic E-state index is -3.21. The Morgan fingerprint density at radius 3 is 2.48 bits per heavy atom. The number of carbonyl (C=O) groups excluding carboxylic acids is 1. The number of rotatable bonds is 4. The number of aromatic nitrogens is 2. The normalized spacial score (nSPS) is 16.2. The Balaban J connectivity index is 1.64. The van der Waals surface area contributed by atoms with E-state index in [9.17, 15) is 13.2 Å². The quantitative estimate of drug-likeness (QED) is 0.862. The molecule has 0 spiro atoms. The largest absolute Gasteiger partial charge is 0.337 e. The number of piperidine rings is 1. The van der Waals surface area contributed by atoms with Gasteiger partial charge in [-0.15, -0.1) is 0 Å². The van der Waals surface area contributed by atoms with Crippen LogP contribution in [0.15, 0.2) is 30.3 Å². The summed E-state index contributed by atoms with van der Waals surface area (Å²) in [7, 11) is -3.21. The fourth-order valence-corrected chi connectivity index (χ4v) is 3.82. The van der Waals surface area contributed by atoms with Gasteiger partial charge in [-0.2, -0.15) is 5.10 Å². The number of hydrogen-bond acceptors (Lipinski definition) is 4.